The molecule has 1 aliphatic rings. The lowest BCUT2D eigenvalue weighted by molar-refractivity contribution is -0.138. The number of hydrogen-bond donors (Lipinski definition) is 0. The highest BCUT2D eigenvalue weighted by Gasteiger charge is 2.39. The van der Waals surface area contributed by atoms with Gasteiger partial charge in [0.2, 0.25) is 0 Å². The van der Waals surface area contributed by atoms with Crippen LogP contribution in [0.2, 0.25) is 0 Å². The minimum atomic E-state index is -4.44. The summed E-state index contributed by atoms with van der Waals surface area (Å²) >= 11 is 0. The minimum absolute atomic E-state index is 0.0914. The number of hydrogen-bond acceptors (Lipinski definition) is 6. The summed E-state index contributed by atoms with van der Waals surface area (Å²) < 4.78 is 44.6. The van der Waals surface area contributed by atoms with Crippen LogP contribution in [-0.4, -0.2) is 49.2 Å². The predicted molar refractivity (Wildman–Crippen MR) is 131 cm³/mol. The number of alkyl halides is 3. The molecule has 2 aromatic heterocycles. The first-order valence-electron chi connectivity index (χ1n) is 11.8. The van der Waals surface area contributed by atoms with Crippen LogP contribution in [-0.2, 0) is 26.7 Å². The number of rotatable bonds is 4. The Morgan fingerprint density at radius 2 is 1.83 bits per heavy atom. The maximum atomic E-state index is 13.8. The van der Waals surface area contributed by atoms with Gasteiger partial charge in [0, 0.05) is 45.3 Å². The summed E-state index contributed by atoms with van der Waals surface area (Å²) in [5.41, 5.74) is 0.875. The molecule has 0 saturated carbocycles. The van der Waals surface area contributed by atoms with Crippen LogP contribution in [0.3, 0.4) is 0 Å². The van der Waals surface area contributed by atoms with E-state index in [0.29, 0.717) is 41.5 Å². The van der Waals surface area contributed by atoms with Crippen molar-refractivity contribution in [2.75, 3.05) is 18.0 Å². The molecule has 1 saturated heterocycles. The van der Waals surface area contributed by atoms with Gasteiger partial charge in [-0.15, -0.1) is 0 Å². The van der Waals surface area contributed by atoms with Crippen LogP contribution in [0.1, 0.15) is 49.3 Å². The Hall–Kier alpha value is -3.39. The van der Waals surface area contributed by atoms with Gasteiger partial charge in [-0.1, -0.05) is 17.7 Å². The molecule has 0 aliphatic carbocycles. The third-order valence-electron chi connectivity index (χ3n) is 7.18. The lowest BCUT2D eigenvalue weighted by Crippen LogP contribution is -2.57. The number of nitriles is 1. The van der Waals surface area contributed by atoms with Gasteiger partial charge in [0.15, 0.2) is 5.82 Å². The molecule has 11 heteroatoms. The van der Waals surface area contributed by atoms with E-state index in [-0.39, 0.29) is 24.1 Å². The molecule has 0 spiro atoms. The third-order valence-corrected chi connectivity index (χ3v) is 7.18. The minimum Gasteiger partial charge on any atom is -0.349 e. The molecule has 192 valence electrons. The van der Waals surface area contributed by atoms with E-state index in [1.54, 1.807) is 44.6 Å². The molecule has 0 amide bonds. The molecular weight excluding hydrogens is 471 g/mol. The highest BCUT2D eigenvalue weighted by Crippen LogP contribution is 2.39. The van der Waals surface area contributed by atoms with E-state index < -0.39 is 23.5 Å². The van der Waals surface area contributed by atoms with Gasteiger partial charge < -0.3 is 9.47 Å². The van der Waals surface area contributed by atoms with Crippen molar-refractivity contribution >= 4 is 17.0 Å². The van der Waals surface area contributed by atoms with Gasteiger partial charge in [0.25, 0.3) is 0 Å². The summed E-state index contributed by atoms with van der Waals surface area (Å²) in [7, 11) is 3.38. The molecule has 1 aliphatic heterocycles. The third kappa shape index (κ3) is 4.34. The summed E-state index contributed by atoms with van der Waals surface area (Å²) in [6.07, 6.45) is -4.35. The monoisotopic (exact) mass is 501 g/mol. The van der Waals surface area contributed by atoms with Crippen LogP contribution in [0.15, 0.2) is 23.0 Å². The Morgan fingerprint density at radius 1 is 1.14 bits per heavy atom. The van der Waals surface area contributed by atoms with E-state index in [0.717, 1.165) is 0 Å². The first kappa shape index (κ1) is 25.7. The van der Waals surface area contributed by atoms with Crippen LogP contribution in [0.4, 0.5) is 19.0 Å². The molecule has 1 aromatic carbocycles. The molecule has 8 nitrogen and oxygen atoms in total. The Labute approximate surface area is 207 Å². The van der Waals surface area contributed by atoms with Gasteiger partial charge >= 0.3 is 11.9 Å². The largest absolute Gasteiger partial charge is 0.416 e. The van der Waals surface area contributed by atoms with Crippen molar-refractivity contribution in [2.24, 2.45) is 14.1 Å². The van der Waals surface area contributed by atoms with Crippen LogP contribution in [0, 0.1) is 18.3 Å². The van der Waals surface area contributed by atoms with E-state index in [1.807, 2.05) is 18.7 Å². The van der Waals surface area contributed by atoms with Gasteiger partial charge in [-0.05, 0) is 39.3 Å². The van der Waals surface area contributed by atoms with Crippen molar-refractivity contribution in [2.45, 2.75) is 58.4 Å². The zero-order valence-corrected chi connectivity index (χ0v) is 21.3. The van der Waals surface area contributed by atoms with Gasteiger partial charge in [-0.2, -0.15) is 23.4 Å². The summed E-state index contributed by atoms with van der Waals surface area (Å²) in [5, 5.41) is 9.17. The molecule has 1 fully saturated rings. The fourth-order valence-corrected chi connectivity index (χ4v) is 5.25. The van der Waals surface area contributed by atoms with E-state index in [9.17, 15) is 23.2 Å². The molecule has 1 unspecified atom stereocenters. The predicted octanol–water partition coefficient (Wildman–Crippen LogP) is 3.72. The van der Waals surface area contributed by atoms with Crippen molar-refractivity contribution in [3.05, 3.63) is 51.2 Å². The number of piperazine rings is 1. The quantitative estimate of drug-likeness (QED) is 0.542. The highest BCUT2D eigenvalue weighted by atomic mass is 19.4. The number of benzene rings is 1. The second kappa shape index (κ2) is 9.24. The topological polar surface area (TPSA) is 83.0 Å². The molecular formula is C25H30F3N7O. The van der Waals surface area contributed by atoms with E-state index in [2.05, 4.69) is 20.9 Å². The Balaban J connectivity index is 1.71. The number of aryl methyl sites for hydroxylation is 3. The number of halogens is 3. The van der Waals surface area contributed by atoms with Crippen LogP contribution >= 0.6 is 0 Å². The SMILES string of the molecule is Cc1ccc(C(C)N2C[C@H](C)N(c3nc(=O)n(C)c4c3nc(CC#N)n4C)C[C@H]2C)c(C(F)(F)F)c1. The van der Waals surface area contributed by atoms with Gasteiger partial charge in [-0.25, -0.2) is 9.78 Å². The average molecular weight is 502 g/mol. The van der Waals surface area contributed by atoms with Crippen molar-refractivity contribution in [1.29, 1.82) is 5.26 Å². The second-order valence-corrected chi connectivity index (χ2v) is 9.68. The zero-order valence-electron chi connectivity index (χ0n) is 21.3. The lowest BCUT2D eigenvalue weighted by atomic mass is 9.95. The van der Waals surface area contributed by atoms with Gasteiger partial charge in [0.1, 0.15) is 17.0 Å². The molecule has 4 rings (SSSR count). The Bertz CT molecular complexity index is 1400. The lowest BCUT2D eigenvalue weighted by Gasteiger charge is -2.47. The van der Waals surface area contributed by atoms with E-state index in [1.165, 1.54) is 10.6 Å². The Kier molecular flexibility index (Phi) is 6.60. The number of anilines is 1. The maximum absolute atomic E-state index is 13.8. The summed E-state index contributed by atoms with van der Waals surface area (Å²) in [5.74, 6) is 0.967. The molecule has 3 heterocycles. The number of imidazole rings is 1. The molecule has 36 heavy (non-hydrogen) atoms. The van der Waals surface area contributed by atoms with Crippen molar-refractivity contribution in [3.63, 3.8) is 0 Å². The molecule has 0 bridgehead atoms. The van der Waals surface area contributed by atoms with Crippen molar-refractivity contribution in [3.8, 4) is 6.07 Å². The fourth-order valence-electron chi connectivity index (χ4n) is 5.25. The van der Waals surface area contributed by atoms with Crippen LogP contribution in [0.5, 0.6) is 0 Å². The summed E-state index contributed by atoms with van der Waals surface area (Å²) in [6, 6.07) is 5.86. The van der Waals surface area contributed by atoms with E-state index in [4.69, 9.17) is 0 Å². The number of aromatic nitrogens is 4. The van der Waals surface area contributed by atoms with E-state index >= 15 is 0 Å². The first-order chi connectivity index (χ1) is 16.8. The first-order valence-corrected chi connectivity index (χ1v) is 11.8. The molecule has 0 N–H and O–H groups in total. The number of fused-ring (bicyclic) bond motifs is 1. The van der Waals surface area contributed by atoms with Crippen molar-refractivity contribution in [1.82, 2.24) is 24.0 Å². The van der Waals surface area contributed by atoms with Crippen molar-refractivity contribution < 1.29 is 13.2 Å². The van der Waals surface area contributed by atoms with Gasteiger partial charge in [0.05, 0.1) is 18.1 Å². The molecule has 3 atom stereocenters. The van der Waals surface area contributed by atoms with Crippen LogP contribution in [0.25, 0.3) is 11.2 Å². The van der Waals surface area contributed by atoms with Gasteiger partial charge in [-0.3, -0.25) is 9.47 Å². The smallest absolute Gasteiger partial charge is 0.349 e. The Morgan fingerprint density at radius 3 is 2.47 bits per heavy atom. The number of nitrogens with zero attached hydrogens (tertiary/aromatic N) is 7. The summed E-state index contributed by atoms with van der Waals surface area (Å²) in [4.78, 5) is 25.7. The molecule has 0 radical (unpaired) electrons. The fraction of sp³-hybridized carbons (Fsp3) is 0.520. The highest BCUT2D eigenvalue weighted by molar-refractivity contribution is 5.84. The molecule has 3 aromatic rings. The summed E-state index contributed by atoms with van der Waals surface area (Å²) in [6.45, 7) is 8.33. The standard InChI is InChI=1S/C25H30F3N7O/c1-14-7-8-18(19(11-14)25(26,27)28)17(4)34-12-16(3)35(13-15(34)2)22-21-23(33(6)24(36)31-22)32(5)20(30-21)9-10-29/h7-8,11,15-17H,9,12-13H2,1-6H3/t15-,16+,17?/m1/s1. The van der Waals surface area contributed by atoms with Crippen LogP contribution < -0.4 is 10.6 Å². The second-order valence-electron chi connectivity index (χ2n) is 9.68. The average Bonchev–Trinajstić information content (AvgIpc) is 3.13. The maximum Gasteiger partial charge on any atom is 0.416 e. The zero-order chi connectivity index (χ0) is 26.5. The normalized spacial score (nSPS) is 20.1.